The molecule has 1 aromatic carbocycles. The van der Waals surface area contributed by atoms with Crippen molar-refractivity contribution in [3.8, 4) is 0 Å². The van der Waals surface area contributed by atoms with E-state index < -0.39 is 0 Å². The van der Waals surface area contributed by atoms with Crippen LogP contribution in [0, 0.1) is 0 Å². The van der Waals surface area contributed by atoms with Crippen molar-refractivity contribution >= 4 is 17.5 Å². The number of furan rings is 1. The first kappa shape index (κ1) is 15.8. The third kappa shape index (κ3) is 4.75. The van der Waals surface area contributed by atoms with E-state index in [4.69, 9.17) is 9.15 Å². The van der Waals surface area contributed by atoms with Gasteiger partial charge >= 0.3 is 0 Å². The van der Waals surface area contributed by atoms with Crippen LogP contribution in [-0.4, -0.2) is 25.5 Å². The summed E-state index contributed by atoms with van der Waals surface area (Å²) in [4.78, 5) is 23.4. The molecule has 0 unspecified atom stereocenters. The lowest BCUT2D eigenvalue weighted by atomic mass is 10.2. The van der Waals surface area contributed by atoms with E-state index in [-0.39, 0.29) is 30.5 Å². The van der Waals surface area contributed by atoms with Gasteiger partial charge in [-0.1, -0.05) is 12.1 Å². The zero-order valence-corrected chi connectivity index (χ0v) is 12.3. The van der Waals surface area contributed by atoms with Crippen LogP contribution in [0.1, 0.15) is 22.5 Å². The van der Waals surface area contributed by atoms with Crippen LogP contribution in [0.15, 0.2) is 47.1 Å². The van der Waals surface area contributed by atoms with Crippen LogP contribution in [0.2, 0.25) is 0 Å². The number of benzene rings is 1. The Kier molecular flexibility index (Phi) is 5.73. The third-order valence-corrected chi connectivity index (χ3v) is 2.90. The summed E-state index contributed by atoms with van der Waals surface area (Å²) in [5.41, 5.74) is 1.68. The quantitative estimate of drug-likeness (QED) is 0.821. The van der Waals surface area contributed by atoms with Gasteiger partial charge in [0, 0.05) is 25.8 Å². The highest BCUT2D eigenvalue weighted by molar-refractivity contribution is 5.93. The van der Waals surface area contributed by atoms with Crippen molar-refractivity contribution in [2.24, 2.45) is 0 Å². The van der Waals surface area contributed by atoms with Crippen LogP contribution in [0.5, 0.6) is 0 Å². The normalized spacial score (nSPS) is 10.2. The third-order valence-electron chi connectivity index (χ3n) is 2.90. The molecule has 1 aromatic heterocycles. The molecule has 0 atom stereocenters. The highest BCUT2D eigenvalue weighted by atomic mass is 16.5. The summed E-state index contributed by atoms with van der Waals surface area (Å²) >= 11 is 0. The highest BCUT2D eigenvalue weighted by Gasteiger charge is 2.09. The van der Waals surface area contributed by atoms with Crippen molar-refractivity contribution in [1.29, 1.82) is 0 Å². The van der Waals surface area contributed by atoms with Gasteiger partial charge in [-0.3, -0.25) is 9.59 Å². The second kappa shape index (κ2) is 7.99. The van der Waals surface area contributed by atoms with Gasteiger partial charge in [0.1, 0.15) is 0 Å². The zero-order valence-electron chi connectivity index (χ0n) is 12.3. The Balaban J connectivity index is 1.76. The molecule has 2 rings (SSSR count). The topological polar surface area (TPSA) is 80.6 Å². The molecule has 116 valence electrons. The van der Waals surface area contributed by atoms with Crippen molar-refractivity contribution < 1.29 is 18.7 Å². The minimum Gasteiger partial charge on any atom is -0.459 e. The average molecular weight is 302 g/mol. The first-order valence-corrected chi connectivity index (χ1v) is 6.88. The fourth-order valence-corrected chi connectivity index (χ4v) is 1.91. The Hall–Kier alpha value is -2.60. The fraction of sp³-hybridized carbons (Fsp3) is 0.250. The molecule has 6 heteroatoms. The predicted molar refractivity (Wildman–Crippen MR) is 81.4 cm³/mol. The van der Waals surface area contributed by atoms with Crippen LogP contribution in [-0.2, 0) is 16.1 Å². The molecule has 0 spiro atoms. The zero-order chi connectivity index (χ0) is 15.8. The predicted octanol–water partition coefficient (Wildman–Crippen LogP) is 2.18. The lowest BCUT2D eigenvalue weighted by Gasteiger charge is -2.07. The summed E-state index contributed by atoms with van der Waals surface area (Å²) in [6.07, 6.45) is 1.61. The summed E-state index contributed by atoms with van der Waals surface area (Å²) in [6, 6.07) is 10.6. The number of rotatable bonds is 7. The van der Waals surface area contributed by atoms with Gasteiger partial charge in [-0.25, -0.2) is 0 Å². The highest BCUT2D eigenvalue weighted by Crippen LogP contribution is 2.11. The van der Waals surface area contributed by atoms with E-state index in [2.05, 4.69) is 10.6 Å². The summed E-state index contributed by atoms with van der Waals surface area (Å²) in [7, 11) is 1.62. The summed E-state index contributed by atoms with van der Waals surface area (Å²) < 4.78 is 10.0. The lowest BCUT2D eigenvalue weighted by molar-refractivity contribution is -0.116. The number of carbonyl (C=O) groups is 2. The smallest absolute Gasteiger partial charge is 0.286 e. The summed E-state index contributed by atoms with van der Waals surface area (Å²) in [6.45, 7) is 0.728. The molecular formula is C16H18N2O4. The number of ether oxygens (including phenoxy) is 1. The molecule has 6 nitrogen and oxygen atoms in total. The standard InChI is InChI=1S/C16H18N2O4/c1-21-11-12-4-2-5-13(10-12)18-15(19)7-8-17-16(20)14-6-3-9-22-14/h2-6,9-10H,7-8,11H2,1H3,(H,17,20)(H,18,19). The minimum atomic E-state index is -0.333. The average Bonchev–Trinajstić information content (AvgIpc) is 3.02. The fourth-order valence-electron chi connectivity index (χ4n) is 1.91. The monoisotopic (exact) mass is 302 g/mol. The molecule has 2 amide bonds. The molecule has 0 fully saturated rings. The summed E-state index contributed by atoms with van der Waals surface area (Å²) in [5, 5.41) is 5.40. The SMILES string of the molecule is COCc1cccc(NC(=O)CCNC(=O)c2ccco2)c1. The Morgan fingerprint density at radius 3 is 2.82 bits per heavy atom. The minimum absolute atomic E-state index is 0.172. The van der Waals surface area contributed by atoms with E-state index in [1.807, 2.05) is 18.2 Å². The van der Waals surface area contributed by atoms with E-state index in [0.717, 1.165) is 5.56 Å². The van der Waals surface area contributed by atoms with Crippen LogP contribution >= 0.6 is 0 Å². The molecule has 0 saturated heterocycles. The van der Waals surface area contributed by atoms with Crippen molar-refractivity contribution in [3.05, 3.63) is 54.0 Å². The van der Waals surface area contributed by atoms with Crippen molar-refractivity contribution in [1.82, 2.24) is 5.32 Å². The number of carbonyl (C=O) groups excluding carboxylic acids is 2. The van der Waals surface area contributed by atoms with E-state index in [9.17, 15) is 9.59 Å². The van der Waals surface area contributed by atoms with Gasteiger partial charge in [0.25, 0.3) is 5.91 Å². The number of methoxy groups -OCH3 is 1. The van der Waals surface area contributed by atoms with Gasteiger partial charge in [0.15, 0.2) is 5.76 Å². The molecule has 0 aliphatic heterocycles. The largest absolute Gasteiger partial charge is 0.459 e. The second-order valence-corrected chi connectivity index (χ2v) is 4.66. The van der Waals surface area contributed by atoms with Crippen LogP contribution in [0.25, 0.3) is 0 Å². The first-order valence-electron chi connectivity index (χ1n) is 6.88. The van der Waals surface area contributed by atoms with E-state index in [0.29, 0.717) is 12.3 Å². The molecule has 2 aromatic rings. The number of anilines is 1. The maximum absolute atomic E-state index is 11.8. The number of hydrogen-bond acceptors (Lipinski definition) is 4. The summed E-state index contributed by atoms with van der Waals surface area (Å²) in [5.74, 6) is -0.276. The molecule has 0 aliphatic rings. The molecule has 2 N–H and O–H groups in total. The molecule has 1 heterocycles. The lowest BCUT2D eigenvalue weighted by Crippen LogP contribution is -2.27. The molecule has 0 saturated carbocycles. The van der Waals surface area contributed by atoms with Gasteiger partial charge in [-0.2, -0.15) is 0 Å². The molecule has 0 bridgehead atoms. The van der Waals surface area contributed by atoms with Crippen molar-refractivity contribution in [3.63, 3.8) is 0 Å². The van der Waals surface area contributed by atoms with Gasteiger partial charge in [0.2, 0.25) is 5.91 Å². The van der Waals surface area contributed by atoms with E-state index >= 15 is 0 Å². The van der Waals surface area contributed by atoms with Crippen molar-refractivity contribution in [2.45, 2.75) is 13.0 Å². The Labute approximate surface area is 128 Å². The van der Waals surface area contributed by atoms with Gasteiger partial charge in [0.05, 0.1) is 12.9 Å². The Bertz CT molecular complexity index is 623. The van der Waals surface area contributed by atoms with Gasteiger partial charge in [-0.05, 0) is 29.8 Å². The van der Waals surface area contributed by atoms with Crippen LogP contribution < -0.4 is 10.6 Å². The van der Waals surface area contributed by atoms with Crippen LogP contribution in [0.4, 0.5) is 5.69 Å². The number of amides is 2. The Morgan fingerprint density at radius 1 is 1.23 bits per heavy atom. The van der Waals surface area contributed by atoms with Gasteiger partial charge < -0.3 is 19.8 Å². The molecular weight excluding hydrogens is 284 g/mol. The Morgan fingerprint density at radius 2 is 2.09 bits per heavy atom. The molecule has 22 heavy (non-hydrogen) atoms. The van der Waals surface area contributed by atoms with Gasteiger partial charge in [-0.15, -0.1) is 0 Å². The first-order chi connectivity index (χ1) is 10.7. The number of nitrogens with one attached hydrogen (secondary N) is 2. The van der Waals surface area contributed by atoms with E-state index in [1.54, 1.807) is 25.3 Å². The molecule has 0 radical (unpaired) electrons. The van der Waals surface area contributed by atoms with Crippen LogP contribution in [0.3, 0.4) is 0 Å². The molecule has 0 aliphatic carbocycles. The maximum atomic E-state index is 11.8. The maximum Gasteiger partial charge on any atom is 0.286 e. The van der Waals surface area contributed by atoms with E-state index in [1.165, 1.54) is 6.26 Å². The number of hydrogen-bond donors (Lipinski definition) is 2. The second-order valence-electron chi connectivity index (χ2n) is 4.66. The van der Waals surface area contributed by atoms with Crippen molar-refractivity contribution in [2.75, 3.05) is 19.0 Å².